The molecular weight excluding hydrogens is 236 g/mol. The van der Waals surface area contributed by atoms with Crippen LogP contribution in [0.4, 0.5) is 5.69 Å². The van der Waals surface area contributed by atoms with Crippen molar-refractivity contribution in [2.45, 2.75) is 51.5 Å². The molecule has 0 bridgehead atoms. The summed E-state index contributed by atoms with van der Waals surface area (Å²) in [6.07, 6.45) is 11.0. The number of rotatable bonds is 5. The van der Waals surface area contributed by atoms with Gasteiger partial charge in [0.15, 0.2) is 0 Å². The van der Waals surface area contributed by atoms with Crippen LogP contribution in [0.2, 0.25) is 0 Å². The van der Waals surface area contributed by atoms with Gasteiger partial charge in [0.05, 0.1) is 0 Å². The summed E-state index contributed by atoms with van der Waals surface area (Å²) in [7, 11) is 0. The van der Waals surface area contributed by atoms with Crippen molar-refractivity contribution in [2.75, 3.05) is 5.73 Å². The van der Waals surface area contributed by atoms with Gasteiger partial charge in [0.1, 0.15) is 0 Å². The Hall–Kier alpha value is -1.13. The number of hydrazine groups is 1. The molecule has 1 saturated carbocycles. The van der Waals surface area contributed by atoms with Crippen molar-refractivity contribution in [3.8, 4) is 0 Å². The first kappa shape index (κ1) is 14.3. The second kappa shape index (κ2) is 6.87. The smallest absolute Gasteiger partial charge is 0.0378 e. The maximum atomic E-state index is 6.00. The summed E-state index contributed by atoms with van der Waals surface area (Å²) in [6.45, 7) is 2.29. The molecule has 5 N–H and O–H groups in total. The molecule has 2 rings (SSSR count). The molecule has 1 fully saturated rings. The molecule has 4 nitrogen and oxygen atoms in total. The van der Waals surface area contributed by atoms with Crippen LogP contribution in [0.5, 0.6) is 0 Å². The van der Waals surface area contributed by atoms with Gasteiger partial charge in [-0.25, -0.2) is 0 Å². The van der Waals surface area contributed by atoms with E-state index in [9.17, 15) is 0 Å². The average Bonchev–Trinajstić information content (AvgIpc) is 2.46. The molecule has 0 radical (unpaired) electrons. The minimum absolute atomic E-state index is 0.306. The zero-order valence-corrected chi connectivity index (χ0v) is 11.8. The molecule has 1 aliphatic rings. The summed E-state index contributed by atoms with van der Waals surface area (Å²) in [5.74, 6) is 7.29. The summed E-state index contributed by atoms with van der Waals surface area (Å²) in [5, 5.41) is 0. The lowest BCUT2D eigenvalue weighted by molar-refractivity contribution is 0.208. The van der Waals surface area contributed by atoms with Crippen LogP contribution in [-0.4, -0.2) is 11.0 Å². The third kappa shape index (κ3) is 3.67. The van der Waals surface area contributed by atoms with Gasteiger partial charge in [-0.05, 0) is 42.7 Å². The normalized spacial score (nSPS) is 25.2. The number of nitrogens with two attached hydrogens (primary N) is 2. The molecule has 0 aliphatic heterocycles. The number of hydrogen-bond donors (Lipinski definition) is 3. The second-order valence-electron chi connectivity index (χ2n) is 5.75. The van der Waals surface area contributed by atoms with Crippen molar-refractivity contribution >= 4 is 5.69 Å². The number of nitrogens with one attached hydrogen (secondary N) is 1. The predicted octanol–water partition coefficient (Wildman–Crippen LogP) is 2.25. The molecule has 0 saturated heterocycles. The molecule has 19 heavy (non-hydrogen) atoms. The Labute approximate surface area is 115 Å². The number of aromatic nitrogens is 1. The zero-order valence-electron chi connectivity index (χ0n) is 11.8. The molecule has 0 amide bonds. The lowest BCUT2D eigenvalue weighted by Crippen LogP contribution is -2.44. The first-order chi connectivity index (χ1) is 9.24. The van der Waals surface area contributed by atoms with E-state index in [-0.39, 0.29) is 0 Å². The van der Waals surface area contributed by atoms with E-state index in [0.29, 0.717) is 12.0 Å². The maximum Gasteiger partial charge on any atom is 0.0378 e. The zero-order chi connectivity index (χ0) is 13.7. The van der Waals surface area contributed by atoms with Crippen LogP contribution in [0.3, 0.4) is 0 Å². The number of pyridine rings is 1. The van der Waals surface area contributed by atoms with Crippen LogP contribution in [0.1, 0.15) is 44.6 Å². The first-order valence-corrected chi connectivity index (χ1v) is 7.39. The molecule has 106 valence electrons. The molecule has 1 aromatic heterocycles. The molecule has 1 heterocycles. The quantitative estimate of drug-likeness (QED) is 0.562. The molecule has 1 aliphatic carbocycles. The summed E-state index contributed by atoms with van der Waals surface area (Å²) in [4.78, 5) is 4.16. The first-order valence-electron chi connectivity index (χ1n) is 7.39. The van der Waals surface area contributed by atoms with Crippen molar-refractivity contribution in [2.24, 2.45) is 17.7 Å². The fourth-order valence-corrected chi connectivity index (χ4v) is 3.28. The Kier molecular flexibility index (Phi) is 5.16. The van der Waals surface area contributed by atoms with Gasteiger partial charge >= 0.3 is 0 Å². The van der Waals surface area contributed by atoms with Crippen LogP contribution < -0.4 is 17.0 Å². The highest BCUT2D eigenvalue weighted by Crippen LogP contribution is 2.33. The van der Waals surface area contributed by atoms with Crippen molar-refractivity contribution in [3.63, 3.8) is 0 Å². The van der Waals surface area contributed by atoms with Gasteiger partial charge in [-0.15, -0.1) is 0 Å². The minimum Gasteiger partial charge on any atom is -0.398 e. The maximum absolute atomic E-state index is 6.00. The lowest BCUT2D eigenvalue weighted by Gasteiger charge is -2.34. The largest absolute Gasteiger partial charge is 0.398 e. The number of hydrogen-bond acceptors (Lipinski definition) is 4. The molecule has 3 atom stereocenters. The van der Waals surface area contributed by atoms with Crippen molar-refractivity contribution in [1.82, 2.24) is 10.4 Å². The SMILES string of the molecule is CCC1CCCC(C(Cc2cnccc2N)NN)C1. The average molecular weight is 262 g/mol. The highest BCUT2D eigenvalue weighted by molar-refractivity contribution is 5.44. The Morgan fingerprint density at radius 3 is 3.00 bits per heavy atom. The van der Waals surface area contributed by atoms with Gasteiger partial charge in [0, 0.05) is 24.1 Å². The van der Waals surface area contributed by atoms with E-state index < -0.39 is 0 Å². The number of nitrogen functional groups attached to an aromatic ring is 1. The summed E-state index contributed by atoms with van der Waals surface area (Å²) in [5.41, 5.74) is 10.9. The van der Waals surface area contributed by atoms with E-state index in [1.807, 2.05) is 12.3 Å². The highest BCUT2D eigenvalue weighted by Gasteiger charge is 2.27. The van der Waals surface area contributed by atoms with Gasteiger partial charge in [-0.2, -0.15) is 0 Å². The van der Waals surface area contributed by atoms with E-state index in [0.717, 1.165) is 23.6 Å². The monoisotopic (exact) mass is 262 g/mol. The number of nitrogens with zero attached hydrogens (tertiary/aromatic N) is 1. The Bertz CT molecular complexity index is 393. The third-order valence-electron chi connectivity index (χ3n) is 4.56. The van der Waals surface area contributed by atoms with Crippen molar-refractivity contribution < 1.29 is 0 Å². The summed E-state index contributed by atoms with van der Waals surface area (Å²) >= 11 is 0. The number of anilines is 1. The van der Waals surface area contributed by atoms with E-state index in [4.69, 9.17) is 11.6 Å². The second-order valence-corrected chi connectivity index (χ2v) is 5.75. The van der Waals surface area contributed by atoms with E-state index in [2.05, 4.69) is 17.3 Å². The van der Waals surface area contributed by atoms with E-state index in [1.54, 1.807) is 6.20 Å². The van der Waals surface area contributed by atoms with E-state index >= 15 is 0 Å². The topological polar surface area (TPSA) is 77.0 Å². The Morgan fingerprint density at radius 2 is 2.32 bits per heavy atom. The van der Waals surface area contributed by atoms with Gasteiger partial charge < -0.3 is 5.73 Å². The molecule has 4 heteroatoms. The van der Waals surface area contributed by atoms with Crippen molar-refractivity contribution in [1.29, 1.82) is 0 Å². The molecule has 0 spiro atoms. The van der Waals surface area contributed by atoms with Crippen molar-refractivity contribution in [3.05, 3.63) is 24.0 Å². The molecule has 1 aromatic rings. The highest BCUT2D eigenvalue weighted by atomic mass is 15.2. The van der Waals surface area contributed by atoms with E-state index in [1.165, 1.54) is 32.1 Å². The van der Waals surface area contributed by atoms with Crippen LogP contribution in [-0.2, 0) is 6.42 Å². The van der Waals surface area contributed by atoms with Crippen LogP contribution in [0.25, 0.3) is 0 Å². The van der Waals surface area contributed by atoms with Gasteiger partial charge in [0.2, 0.25) is 0 Å². The van der Waals surface area contributed by atoms with Gasteiger partial charge in [-0.1, -0.05) is 26.2 Å². The minimum atomic E-state index is 0.306. The van der Waals surface area contributed by atoms with Crippen LogP contribution in [0.15, 0.2) is 18.5 Å². The van der Waals surface area contributed by atoms with Crippen LogP contribution >= 0.6 is 0 Å². The Balaban J connectivity index is 2.01. The fraction of sp³-hybridized carbons (Fsp3) is 0.667. The van der Waals surface area contributed by atoms with Gasteiger partial charge in [-0.3, -0.25) is 16.3 Å². The standard InChI is InChI=1S/C15H26N4/c1-2-11-4-3-5-12(8-11)15(19-17)9-13-10-18-7-6-14(13)16/h6-7,10-12,15,19H,2-5,8-9,17H2,1H3,(H2,16,18). The predicted molar refractivity (Wildman–Crippen MR) is 79.2 cm³/mol. The van der Waals surface area contributed by atoms with Crippen LogP contribution in [0, 0.1) is 11.8 Å². The van der Waals surface area contributed by atoms with Gasteiger partial charge in [0.25, 0.3) is 0 Å². The summed E-state index contributed by atoms with van der Waals surface area (Å²) < 4.78 is 0. The third-order valence-corrected chi connectivity index (χ3v) is 4.56. The molecular formula is C15H26N4. The Morgan fingerprint density at radius 1 is 1.47 bits per heavy atom. The fourth-order valence-electron chi connectivity index (χ4n) is 3.28. The molecule has 3 unspecified atom stereocenters. The molecule has 0 aromatic carbocycles. The lowest BCUT2D eigenvalue weighted by atomic mass is 9.75. The summed E-state index contributed by atoms with van der Waals surface area (Å²) in [6, 6.07) is 2.17.